The lowest BCUT2D eigenvalue weighted by Crippen LogP contribution is -2.26. The summed E-state index contributed by atoms with van der Waals surface area (Å²) in [5.74, 6) is 0.312. The third-order valence-electron chi connectivity index (χ3n) is 4.76. The van der Waals surface area contributed by atoms with Crippen LogP contribution in [0.4, 0.5) is 4.39 Å². The Morgan fingerprint density at radius 3 is 2.84 bits per heavy atom. The van der Waals surface area contributed by atoms with Crippen molar-refractivity contribution < 1.29 is 4.39 Å². The first-order valence-electron chi connectivity index (χ1n) is 8.41. The minimum absolute atomic E-state index is 0.270. The highest BCUT2D eigenvalue weighted by Gasteiger charge is 2.20. The smallest absolute Gasteiger partial charge is 0.151 e. The molecule has 1 aliphatic heterocycles. The van der Waals surface area contributed by atoms with Gasteiger partial charge >= 0.3 is 0 Å². The lowest BCUT2D eigenvalue weighted by atomic mass is 9.99. The molecule has 0 unspecified atom stereocenters. The van der Waals surface area contributed by atoms with Gasteiger partial charge in [-0.2, -0.15) is 5.10 Å². The number of aromatic nitrogens is 3. The average Bonchev–Trinajstić information content (AvgIpc) is 3.27. The normalized spacial score (nSPS) is 16.2. The first-order chi connectivity index (χ1) is 12.2. The molecule has 0 radical (unpaired) electrons. The van der Waals surface area contributed by atoms with E-state index < -0.39 is 0 Å². The molecule has 5 rings (SSSR count). The summed E-state index contributed by atoms with van der Waals surface area (Å²) >= 11 is 3.44. The van der Waals surface area contributed by atoms with Gasteiger partial charge in [-0.15, -0.1) is 22.7 Å². The van der Waals surface area contributed by atoms with Crippen LogP contribution in [0.3, 0.4) is 0 Å². The summed E-state index contributed by atoms with van der Waals surface area (Å²) in [7, 11) is 1.81. The van der Waals surface area contributed by atoms with Crippen LogP contribution in [0.5, 0.6) is 0 Å². The Kier molecular flexibility index (Phi) is 3.62. The molecule has 1 aliphatic rings. The molecule has 0 bridgehead atoms. The molecule has 0 atom stereocenters. The summed E-state index contributed by atoms with van der Waals surface area (Å²) < 4.78 is 17.2. The van der Waals surface area contributed by atoms with Gasteiger partial charge in [0.05, 0.1) is 9.71 Å². The van der Waals surface area contributed by atoms with E-state index in [1.54, 1.807) is 33.4 Å². The van der Waals surface area contributed by atoms with Gasteiger partial charge in [-0.05, 0) is 49.7 Å². The Balaban J connectivity index is 1.53. The van der Waals surface area contributed by atoms with Crippen molar-refractivity contribution in [3.05, 3.63) is 35.2 Å². The number of thiazole rings is 1. The number of nitrogens with zero attached hydrogens (tertiary/aromatic N) is 3. The molecule has 1 N–H and O–H groups in total. The Morgan fingerprint density at radius 1 is 1.20 bits per heavy atom. The zero-order valence-corrected chi connectivity index (χ0v) is 15.4. The van der Waals surface area contributed by atoms with E-state index in [-0.39, 0.29) is 5.82 Å². The van der Waals surface area contributed by atoms with E-state index in [0.717, 1.165) is 46.6 Å². The fraction of sp³-hybridized carbons (Fsp3) is 0.333. The summed E-state index contributed by atoms with van der Waals surface area (Å²) in [5.41, 5.74) is 1.33. The minimum Gasteiger partial charge on any atom is -0.317 e. The number of benzene rings is 1. The maximum absolute atomic E-state index is 14.3. The Hall–Kier alpha value is -1.83. The number of hydrogen-bond acceptors (Lipinski definition) is 5. The van der Waals surface area contributed by atoms with Crippen LogP contribution in [0.1, 0.15) is 23.8 Å². The van der Waals surface area contributed by atoms with Gasteiger partial charge in [-0.3, -0.25) is 4.68 Å². The fourth-order valence-corrected chi connectivity index (χ4v) is 5.87. The summed E-state index contributed by atoms with van der Waals surface area (Å²) in [5, 5.41) is 9.66. The third kappa shape index (κ3) is 2.67. The number of rotatable bonds is 2. The van der Waals surface area contributed by atoms with Gasteiger partial charge in [0.1, 0.15) is 10.3 Å². The van der Waals surface area contributed by atoms with E-state index >= 15 is 0 Å². The predicted molar refractivity (Wildman–Crippen MR) is 102 cm³/mol. The summed E-state index contributed by atoms with van der Waals surface area (Å²) in [6.45, 7) is 2.15. The number of piperidine rings is 1. The third-order valence-corrected chi connectivity index (χ3v) is 7.13. The van der Waals surface area contributed by atoms with Gasteiger partial charge < -0.3 is 5.32 Å². The minimum atomic E-state index is -0.270. The number of fused-ring (bicyclic) bond motifs is 2. The van der Waals surface area contributed by atoms with Crippen molar-refractivity contribution in [1.82, 2.24) is 20.1 Å². The predicted octanol–water partition coefficient (Wildman–Crippen LogP) is 4.52. The van der Waals surface area contributed by atoms with E-state index in [4.69, 9.17) is 4.98 Å². The van der Waals surface area contributed by atoms with E-state index in [1.165, 1.54) is 9.71 Å². The van der Waals surface area contributed by atoms with Crippen molar-refractivity contribution in [3.8, 4) is 10.4 Å². The summed E-state index contributed by atoms with van der Waals surface area (Å²) in [6, 6.07) is 5.74. The van der Waals surface area contributed by atoms with E-state index in [1.807, 2.05) is 19.3 Å². The molecule has 25 heavy (non-hydrogen) atoms. The molecule has 7 heteroatoms. The number of thiophene rings is 1. The van der Waals surface area contributed by atoms with Gasteiger partial charge in [0, 0.05) is 29.4 Å². The van der Waals surface area contributed by atoms with Crippen molar-refractivity contribution in [2.75, 3.05) is 13.1 Å². The zero-order valence-electron chi connectivity index (χ0n) is 13.8. The molecule has 3 aromatic heterocycles. The first-order valence-corrected chi connectivity index (χ1v) is 10.0. The molecule has 0 aliphatic carbocycles. The van der Waals surface area contributed by atoms with E-state index in [2.05, 4.69) is 16.5 Å². The second-order valence-corrected chi connectivity index (χ2v) is 8.65. The van der Waals surface area contributed by atoms with Crippen LogP contribution in [-0.4, -0.2) is 27.9 Å². The van der Waals surface area contributed by atoms with Crippen LogP contribution in [0.15, 0.2) is 24.4 Å². The highest BCUT2D eigenvalue weighted by molar-refractivity contribution is 7.28. The molecule has 1 fully saturated rings. The highest BCUT2D eigenvalue weighted by Crippen LogP contribution is 2.40. The quantitative estimate of drug-likeness (QED) is 0.563. The molecule has 1 aromatic carbocycles. The van der Waals surface area contributed by atoms with Crippen molar-refractivity contribution in [3.63, 3.8) is 0 Å². The fourth-order valence-electron chi connectivity index (χ4n) is 3.49. The molecule has 1 saturated heterocycles. The summed E-state index contributed by atoms with van der Waals surface area (Å²) in [4.78, 5) is 7.01. The molecular weight excluding hydrogens is 355 g/mol. The Morgan fingerprint density at radius 2 is 2.04 bits per heavy atom. The van der Waals surface area contributed by atoms with Crippen LogP contribution in [0.2, 0.25) is 0 Å². The SMILES string of the molecule is Cn1cc2cc(-c3cc4sc(C5CCNCC5)nc4s3)cc(F)c2n1. The van der Waals surface area contributed by atoms with Crippen LogP contribution < -0.4 is 5.32 Å². The molecule has 0 saturated carbocycles. The largest absolute Gasteiger partial charge is 0.317 e. The number of aryl methyl sites for hydroxylation is 1. The lowest BCUT2D eigenvalue weighted by molar-refractivity contribution is 0.459. The highest BCUT2D eigenvalue weighted by atomic mass is 32.1. The van der Waals surface area contributed by atoms with E-state index in [0.29, 0.717) is 11.4 Å². The molecule has 0 spiro atoms. The van der Waals surface area contributed by atoms with E-state index in [9.17, 15) is 4.39 Å². The molecule has 4 nitrogen and oxygen atoms in total. The van der Waals surface area contributed by atoms with Crippen LogP contribution in [0, 0.1) is 5.82 Å². The van der Waals surface area contributed by atoms with Gasteiger partial charge in [-0.1, -0.05) is 0 Å². The second-order valence-electron chi connectivity index (χ2n) is 6.56. The van der Waals surface area contributed by atoms with Crippen molar-refractivity contribution in [1.29, 1.82) is 0 Å². The molecule has 128 valence electrons. The average molecular weight is 372 g/mol. The standard InChI is InChI=1S/C18H17FN4S2/c1-23-9-12-6-11(7-13(19)16(12)22-23)14-8-15-18(24-14)21-17(25-15)10-2-4-20-5-3-10/h6-10,20H,2-5H2,1H3. The monoisotopic (exact) mass is 372 g/mol. The molecular formula is C18H17FN4S2. The van der Waals surface area contributed by atoms with Crippen LogP contribution in [-0.2, 0) is 7.05 Å². The van der Waals surface area contributed by atoms with Gasteiger partial charge in [0.25, 0.3) is 0 Å². The summed E-state index contributed by atoms with van der Waals surface area (Å²) in [6.07, 6.45) is 4.18. The maximum Gasteiger partial charge on any atom is 0.151 e. The maximum atomic E-state index is 14.3. The van der Waals surface area contributed by atoms with Crippen molar-refractivity contribution >= 4 is 43.1 Å². The Bertz CT molecular complexity index is 1040. The molecule has 4 aromatic rings. The number of hydrogen-bond donors (Lipinski definition) is 1. The molecule has 0 amide bonds. The lowest BCUT2D eigenvalue weighted by Gasteiger charge is -2.20. The topological polar surface area (TPSA) is 42.7 Å². The van der Waals surface area contributed by atoms with Gasteiger partial charge in [0.2, 0.25) is 0 Å². The van der Waals surface area contributed by atoms with Crippen LogP contribution in [0.25, 0.3) is 30.9 Å². The van der Waals surface area contributed by atoms with Crippen LogP contribution >= 0.6 is 22.7 Å². The Labute approximate surface area is 152 Å². The second kappa shape index (κ2) is 5.86. The van der Waals surface area contributed by atoms with Crippen molar-refractivity contribution in [2.45, 2.75) is 18.8 Å². The first kappa shape index (κ1) is 15.4. The number of nitrogens with one attached hydrogen (secondary N) is 1. The van der Waals surface area contributed by atoms with Crippen molar-refractivity contribution in [2.24, 2.45) is 7.05 Å². The zero-order chi connectivity index (χ0) is 17.0. The molecule has 4 heterocycles. The van der Waals surface area contributed by atoms with Gasteiger partial charge in [0.15, 0.2) is 5.82 Å². The van der Waals surface area contributed by atoms with Gasteiger partial charge in [-0.25, -0.2) is 9.37 Å². The number of halogens is 1.